The summed E-state index contributed by atoms with van der Waals surface area (Å²) in [5, 5.41) is 6.99. The molecule has 0 aliphatic carbocycles. The lowest BCUT2D eigenvalue weighted by atomic mass is 9.89. The van der Waals surface area contributed by atoms with Crippen molar-refractivity contribution in [2.45, 2.75) is 13.0 Å². The normalized spacial score (nSPS) is 15.6. The molecule has 5 rings (SSSR count). The minimum atomic E-state index is -0.607. The van der Waals surface area contributed by atoms with Gasteiger partial charge >= 0.3 is 5.97 Å². The molecule has 1 heterocycles. The average molecular weight is 328 g/mol. The standard InChI is InChI=1S/C22H16O3/c1-2-24-22(23)21-18-12-11-17-15-9-4-3-7-13(15)14-8-5-6-10-16(14)19(17)20(18)25-21/h3-12,21H,2H2,1H3. The van der Waals surface area contributed by atoms with Crippen molar-refractivity contribution in [2.75, 3.05) is 6.61 Å². The predicted octanol–water partition coefficient (Wildman–Crippen LogP) is 5.14. The van der Waals surface area contributed by atoms with E-state index in [9.17, 15) is 4.79 Å². The molecule has 0 saturated carbocycles. The molecule has 3 heteroatoms. The summed E-state index contributed by atoms with van der Waals surface area (Å²) in [5.41, 5.74) is 0.909. The molecule has 4 aromatic rings. The van der Waals surface area contributed by atoms with Crippen LogP contribution in [0.2, 0.25) is 0 Å². The van der Waals surface area contributed by atoms with Gasteiger partial charge in [-0.1, -0.05) is 60.7 Å². The maximum absolute atomic E-state index is 12.1. The summed E-state index contributed by atoms with van der Waals surface area (Å²) in [6.45, 7) is 2.16. The van der Waals surface area contributed by atoms with Gasteiger partial charge in [0.2, 0.25) is 6.10 Å². The lowest BCUT2D eigenvalue weighted by molar-refractivity contribution is -0.154. The lowest BCUT2D eigenvalue weighted by Gasteiger charge is -2.31. The van der Waals surface area contributed by atoms with Gasteiger partial charge in [-0.15, -0.1) is 0 Å². The molecule has 0 bridgehead atoms. The number of rotatable bonds is 2. The van der Waals surface area contributed by atoms with Crippen molar-refractivity contribution in [2.24, 2.45) is 0 Å². The maximum Gasteiger partial charge on any atom is 0.352 e. The van der Waals surface area contributed by atoms with Crippen LogP contribution >= 0.6 is 0 Å². The van der Waals surface area contributed by atoms with Crippen molar-refractivity contribution in [3.8, 4) is 5.75 Å². The molecule has 0 aromatic heterocycles. The summed E-state index contributed by atoms with van der Waals surface area (Å²) in [6, 6.07) is 20.8. The van der Waals surface area contributed by atoms with Crippen molar-refractivity contribution < 1.29 is 14.3 Å². The van der Waals surface area contributed by atoms with E-state index in [0.717, 1.165) is 27.5 Å². The molecule has 0 amide bonds. The fourth-order valence-electron chi connectivity index (χ4n) is 3.83. The molecule has 0 fully saturated rings. The highest BCUT2D eigenvalue weighted by molar-refractivity contribution is 6.27. The Labute approximate surface area is 144 Å². The first-order valence-corrected chi connectivity index (χ1v) is 8.49. The molecule has 0 radical (unpaired) electrons. The molecule has 1 aliphatic heterocycles. The van der Waals surface area contributed by atoms with E-state index in [2.05, 4.69) is 48.5 Å². The Kier molecular flexibility index (Phi) is 2.98. The van der Waals surface area contributed by atoms with Gasteiger partial charge in [0.1, 0.15) is 5.75 Å². The third-order valence-corrected chi connectivity index (χ3v) is 4.91. The molecule has 25 heavy (non-hydrogen) atoms. The minimum Gasteiger partial charge on any atom is -0.473 e. The van der Waals surface area contributed by atoms with Crippen molar-refractivity contribution >= 4 is 38.3 Å². The van der Waals surface area contributed by atoms with Gasteiger partial charge in [-0.25, -0.2) is 4.79 Å². The van der Waals surface area contributed by atoms with Crippen LogP contribution in [-0.2, 0) is 9.53 Å². The van der Waals surface area contributed by atoms with Crippen LogP contribution in [0, 0.1) is 0 Å². The Morgan fingerprint density at radius 2 is 1.44 bits per heavy atom. The Hall–Kier alpha value is -3.07. The molecule has 0 saturated heterocycles. The van der Waals surface area contributed by atoms with Crippen molar-refractivity contribution in [3.63, 3.8) is 0 Å². The van der Waals surface area contributed by atoms with E-state index in [0.29, 0.717) is 6.61 Å². The van der Waals surface area contributed by atoms with Gasteiger partial charge in [-0.3, -0.25) is 0 Å². The Morgan fingerprint density at radius 1 is 0.880 bits per heavy atom. The summed E-state index contributed by atoms with van der Waals surface area (Å²) in [5.74, 6) is 0.483. The molecule has 3 nitrogen and oxygen atoms in total. The van der Waals surface area contributed by atoms with E-state index in [1.807, 2.05) is 12.1 Å². The first-order chi connectivity index (χ1) is 12.3. The zero-order valence-electron chi connectivity index (χ0n) is 13.8. The van der Waals surface area contributed by atoms with E-state index in [-0.39, 0.29) is 5.97 Å². The summed E-state index contributed by atoms with van der Waals surface area (Å²) in [4.78, 5) is 12.1. The average Bonchev–Trinajstić information content (AvgIpc) is 2.62. The topological polar surface area (TPSA) is 35.5 Å². The highest BCUT2D eigenvalue weighted by Crippen LogP contribution is 2.49. The summed E-state index contributed by atoms with van der Waals surface area (Å²) in [6.07, 6.45) is -0.607. The van der Waals surface area contributed by atoms with Crippen LogP contribution < -0.4 is 4.74 Å². The SMILES string of the molecule is CCOC(=O)C1Oc2c1ccc1c3ccccc3c3ccccc3c21. The minimum absolute atomic E-state index is 0.320. The number of fused-ring (bicyclic) bond motifs is 8. The van der Waals surface area contributed by atoms with Crippen LogP contribution in [0.15, 0.2) is 60.7 Å². The maximum atomic E-state index is 12.1. The van der Waals surface area contributed by atoms with E-state index in [1.165, 1.54) is 16.2 Å². The van der Waals surface area contributed by atoms with Gasteiger partial charge in [0.15, 0.2) is 0 Å². The second kappa shape index (κ2) is 5.21. The van der Waals surface area contributed by atoms with E-state index in [4.69, 9.17) is 9.47 Å². The molecule has 4 aromatic carbocycles. The number of ether oxygens (including phenoxy) is 2. The molecule has 1 unspecified atom stereocenters. The van der Waals surface area contributed by atoms with Crippen LogP contribution in [0.3, 0.4) is 0 Å². The van der Waals surface area contributed by atoms with Crippen molar-refractivity contribution in [1.29, 1.82) is 0 Å². The number of carbonyl (C=O) groups is 1. The number of benzene rings is 4. The van der Waals surface area contributed by atoms with Gasteiger partial charge in [-0.2, -0.15) is 0 Å². The predicted molar refractivity (Wildman–Crippen MR) is 99.0 cm³/mol. The van der Waals surface area contributed by atoms with Crippen LogP contribution in [-0.4, -0.2) is 12.6 Å². The molecule has 122 valence electrons. The van der Waals surface area contributed by atoms with Gasteiger partial charge in [0, 0.05) is 10.9 Å². The fraction of sp³-hybridized carbons (Fsp3) is 0.136. The van der Waals surface area contributed by atoms with Gasteiger partial charge in [0.25, 0.3) is 0 Å². The number of hydrogen-bond acceptors (Lipinski definition) is 3. The summed E-state index contributed by atoms with van der Waals surface area (Å²) in [7, 11) is 0. The molecular weight excluding hydrogens is 312 g/mol. The lowest BCUT2D eigenvalue weighted by Crippen LogP contribution is -2.29. The molecule has 1 atom stereocenters. The Bertz CT molecular complexity index is 1120. The van der Waals surface area contributed by atoms with E-state index in [1.54, 1.807) is 6.92 Å². The largest absolute Gasteiger partial charge is 0.473 e. The van der Waals surface area contributed by atoms with Gasteiger partial charge in [-0.05, 0) is 33.9 Å². The fourth-order valence-corrected chi connectivity index (χ4v) is 3.83. The highest BCUT2D eigenvalue weighted by atomic mass is 16.6. The second-order valence-corrected chi connectivity index (χ2v) is 6.25. The van der Waals surface area contributed by atoms with E-state index >= 15 is 0 Å². The first kappa shape index (κ1) is 14.3. The molecule has 0 N–H and O–H groups in total. The number of esters is 1. The molecule has 0 spiro atoms. The van der Waals surface area contributed by atoms with Gasteiger partial charge < -0.3 is 9.47 Å². The monoisotopic (exact) mass is 328 g/mol. The van der Waals surface area contributed by atoms with Gasteiger partial charge in [0.05, 0.1) is 6.61 Å². The quantitative estimate of drug-likeness (QED) is 0.377. The third kappa shape index (κ3) is 1.89. The molecule has 1 aliphatic rings. The van der Waals surface area contributed by atoms with Crippen molar-refractivity contribution in [3.05, 3.63) is 66.2 Å². The van der Waals surface area contributed by atoms with Crippen LogP contribution in [0.25, 0.3) is 32.3 Å². The van der Waals surface area contributed by atoms with E-state index < -0.39 is 6.10 Å². The second-order valence-electron chi connectivity index (χ2n) is 6.25. The first-order valence-electron chi connectivity index (χ1n) is 8.49. The number of carbonyl (C=O) groups excluding carboxylic acids is 1. The van der Waals surface area contributed by atoms with Crippen molar-refractivity contribution in [1.82, 2.24) is 0 Å². The zero-order valence-corrected chi connectivity index (χ0v) is 13.8. The Morgan fingerprint density at radius 3 is 2.08 bits per heavy atom. The van der Waals surface area contributed by atoms with Crippen LogP contribution in [0.5, 0.6) is 5.75 Å². The molecular formula is C22H16O3. The summed E-state index contributed by atoms with van der Waals surface area (Å²) < 4.78 is 11.0. The summed E-state index contributed by atoms with van der Waals surface area (Å²) >= 11 is 0. The zero-order chi connectivity index (χ0) is 17.0. The highest BCUT2D eigenvalue weighted by Gasteiger charge is 2.37. The number of hydrogen-bond donors (Lipinski definition) is 0. The van der Waals surface area contributed by atoms with Crippen LogP contribution in [0.1, 0.15) is 18.6 Å². The Balaban J connectivity index is 1.87. The van der Waals surface area contributed by atoms with Crippen LogP contribution in [0.4, 0.5) is 0 Å². The smallest absolute Gasteiger partial charge is 0.352 e. The third-order valence-electron chi connectivity index (χ3n) is 4.91.